The smallest absolute Gasteiger partial charge is 0.319 e. The van der Waals surface area contributed by atoms with Crippen molar-refractivity contribution in [3.8, 4) is 0 Å². The molecular weight excluding hydrogens is 348 g/mol. The van der Waals surface area contributed by atoms with E-state index in [1.807, 2.05) is 28.8 Å². The maximum Gasteiger partial charge on any atom is 0.319 e. The summed E-state index contributed by atoms with van der Waals surface area (Å²) in [4.78, 5) is 30.1. The molecule has 0 amide bonds. The fourth-order valence-corrected chi connectivity index (χ4v) is 5.25. The molecule has 1 aromatic heterocycles. The second-order valence-electron chi connectivity index (χ2n) is 7.48. The molecule has 1 aliphatic heterocycles. The van der Waals surface area contributed by atoms with Crippen LogP contribution in [0, 0.1) is 11.8 Å². The van der Waals surface area contributed by atoms with Gasteiger partial charge in [0.1, 0.15) is 5.25 Å². The van der Waals surface area contributed by atoms with Crippen LogP contribution in [0.15, 0.2) is 34.2 Å². The average molecular weight is 372 g/mol. The Morgan fingerprint density at radius 3 is 2.73 bits per heavy atom. The van der Waals surface area contributed by atoms with E-state index in [0.29, 0.717) is 40.9 Å². The summed E-state index contributed by atoms with van der Waals surface area (Å²) in [7, 11) is 0. The van der Waals surface area contributed by atoms with Gasteiger partial charge >= 0.3 is 5.97 Å². The summed E-state index contributed by atoms with van der Waals surface area (Å²) in [6, 6.07) is 7.61. The van der Waals surface area contributed by atoms with Gasteiger partial charge in [0, 0.05) is 12.5 Å². The third-order valence-corrected chi connectivity index (χ3v) is 7.12. The number of para-hydroxylation sites is 1. The molecule has 1 aliphatic carbocycles. The van der Waals surface area contributed by atoms with Gasteiger partial charge in [0.05, 0.1) is 17.5 Å². The summed E-state index contributed by atoms with van der Waals surface area (Å²) in [5, 5.41) is 1.03. The van der Waals surface area contributed by atoms with Crippen LogP contribution in [-0.4, -0.2) is 27.4 Å². The molecule has 0 N–H and O–H groups in total. The number of carbonyl (C=O) groups is 1. The number of aromatic nitrogens is 2. The van der Waals surface area contributed by atoms with E-state index >= 15 is 0 Å². The second-order valence-corrected chi connectivity index (χ2v) is 8.65. The van der Waals surface area contributed by atoms with E-state index in [0.717, 1.165) is 12.8 Å². The highest BCUT2D eigenvalue weighted by Crippen LogP contribution is 2.40. The highest BCUT2D eigenvalue weighted by molar-refractivity contribution is 8.00. The van der Waals surface area contributed by atoms with Gasteiger partial charge in [-0.25, -0.2) is 4.98 Å². The summed E-state index contributed by atoms with van der Waals surface area (Å²) >= 11 is 1.39. The van der Waals surface area contributed by atoms with Crippen molar-refractivity contribution in [2.45, 2.75) is 56.0 Å². The molecule has 4 rings (SSSR count). The van der Waals surface area contributed by atoms with Crippen LogP contribution in [0.3, 0.4) is 0 Å². The van der Waals surface area contributed by atoms with E-state index in [4.69, 9.17) is 9.72 Å². The molecule has 26 heavy (non-hydrogen) atoms. The monoisotopic (exact) mass is 372 g/mol. The highest BCUT2D eigenvalue weighted by Gasteiger charge is 2.34. The van der Waals surface area contributed by atoms with Crippen molar-refractivity contribution in [2.75, 3.05) is 6.61 Å². The lowest BCUT2D eigenvalue weighted by atomic mass is 9.78. The van der Waals surface area contributed by atoms with Crippen molar-refractivity contribution in [1.29, 1.82) is 0 Å². The molecule has 0 spiro atoms. The summed E-state index contributed by atoms with van der Waals surface area (Å²) in [5.41, 5.74) is 0.703. The van der Waals surface area contributed by atoms with Crippen LogP contribution in [-0.2, 0) is 9.53 Å². The van der Waals surface area contributed by atoms with Crippen molar-refractivity contribution in [3.63, 3.8) is 0 Å². The zero-order valence-corrected chi connectivity index (χ0v) is 16.0. The minimum atomic E-state index is -0.273. The van der Waals surface area contributed by atoms with Gasteiger partial charge in [0.2, 0.25) is 0 Å². The van der Waals surface area contributed by atoms with Crippen molar-refractivity contribution < 1.29 is 9.53 Å². The van der Waals surface area contributed by atoms with Gasteiger partial charge in [-0.15, -0.1) is 0 Å². The number of rotatable bonds is 3. The van der Waals surface area contributed by atoms with Gasteiger partial charge in [-0.2, -0.15) is 0 Å². The maximum absolute atomic E-state index is 13.3. The first kappa shape index (κ1) is 17.6. The molecule has 5 nitrogen and oxygen atoms in total. The lowest BCUT2D eigenvalue weighted by Crippen LogP contribution is -2.35. The quantitative estimate of drug-likeness (QED) is 0.606. The maximum atomic E-state index is 13.3. The Kier molecular flexibility index (Phi) is 4.78. The molecule has 1 saturated carbocycles. The standard InChI is InChI=1S/C20H24N2O3S/c1-12-6-5-9-16(13(12)2)22-18(23)14-7-3-4-8-15(14)21-20(22)26-17-10-11-25-19(17)24/h3-4,7-8,12-13,16-17H,5-6,9-11H2,1-2H3/t12-,13+,16-,17+/m0/s1. The molecule has 2 fully saturated rings. The lowest BCUT2D eigenvalue weighted by molar-refractivity contribution is -0.137. The number of thioether (sulfide) groups is 1. The van der Waals surface area contributed by atoms with Crippen LogP contribution in [0.25, 0.3) is 10.9 Å². The van der Waals surface area contributed by atoms with Crippen molar-refractivity contribution in [2.24, 2.45) is 11.8 Å². The SMILES string of the molecule is C[C@@H]1[C@@H](C)CCC[C@@H]1n1c(S[C@@H]2CCOC2=O)nc2ccccc2c1=O. The number of esters is 1. The molecule has 1 aromatic carbocycles. The summed E-state index contributed by atoms with van der Waals surface area (Å²) in [6.45, 7) is 4.94. The van der Waals surface area contributed by atoms with E-state index < -0.39 is 0 Å². The Balaban J connectivity index is 1.85. The number of fused-ring (bicyclic) bond motifs is 1. The first-order valence-electron chi connectivity index (χ1n) is 9.41. The van der Waals surface area contributed by atoms with Crippen LogP contribution >= 0.6 is 11.8 Å². The zero-order chi connectivity index (χ0) is 18.3. The Bertz CT molecular complexity index is 894. The molecule has 0 bridgehead atoms. The molecule has 138 valence electrons. The van der Waals surface area contributed by atoms with Gasteiger partial charge in [-0.3, -0.25) is 14.2 Å². The fourth-order valence-electron chi connectivity index (χ4n) is 4.13. The molecule has 4 atom stereocenters. The largest absolute Gasteiger partial charge is 0.465 e. The molecule has 2 aliphatic rings. The van der Waals surface area contributed by atoms with Crippen LogP contribution in [0.5, 0.6) is 0 Å². The Labute approximate surface area is 157 Å². The molecular formula is C20H24N2O3S. The average Bonchev–Trinajstić information content (AvgIpc) is 3.03. The van der Waals surface area contributed by atoms with E-state index in [2.05, 4.69) is 13.8 Å². The first-order chi connectivity index (χ1) is 12.6. The Morgan fingerprint density at radius 1 is 1.15 bits per heavy atom. The van der Waals surface area contributed by atoms with Crippen molar-refractivity contribution >= 4 is 28.6 Å². The van der Waals surface area contributed by atoms with E-state index in [1.165, 1.54) is 18.2 Å². The molecule has 1 saturated heterocycles. The van der Waals surface area contributed by atoms with Crippen LogP contribution in [0.4, 0.5) is 0 Å². The minimum Gasteiger partial charge on any atom is -0.465 e. The number of benzene rings is 1. The van der Waals surface area contributed by atoms with Crippen molar-refractivity contribution in [3.05, 3.63) is 34.6 Å². The Morgan fingerprint density at radius 2 is 1.96 bits per heavy atom. The summed E-state index contributed by atoms with van der Waals surface area (Å²) < 4.78 is 6.98. The van der Waals surface area contributed by atoms with Gasteiger partial charge < -0.3 is 4.74 Å². The minimum absolute atomic E-state index is 0.00964. The van der Waals surface area contributed by atoms with Gasteiger partial charge in [0.15, 0.2) is 5.16 Å². The van der Waals surface area contributed by atoms with Crippen LogP contribution in [0.1, 0.15) is 45.6 Å². The fraction of sp³-hybridized carbons (Fsp3) is 0.550. The number of nitrogens with zero attached hydrogens (tertiary/aromatic N) is 2. The lowest BCUT2D eigenvalue weighted by Gasteiger charge is -2.36. The summed E-state index contributed by atoms with van der Waals surface area (Å²) in [6.07, 6.45) is 3.97. The Hall–Kier alpha value is -1.82. The highest BCUT2D eigenvalue weighted by atomic mass is 32.2. The molecule has 0 radical (unpaired) electrons. The van der Waals surface area contributed by atoms with E-state index in [9.17, 15) is 9.59 Å². The van der Waals surface area contributed by atoms with Gasteiger partial charge in [-0.05, 0) is 30.4 Å². The number of hydrogen-bond acceptors (Lipinski definition) is 5. The third-order valence-electron chi connectivity index (χ3n) is 5.91. The van der Waals surface area contributed by atoms with Gasteiger partial charge in [0.25, 0.3) is 5.56 Å². The number of ether oxygens (including phenoxy) is 1. The summed E-state index contributed by atoms with van der Waals surface area (Å²) in [5.74, 6) is 0.773. The topological polar surface area (TPSA) is 61.2 Å². The van der Waals surface area contributed by atoms with Crippen LogP contribution in [0.2, 0.25) is 0 Å². The molecule has 0 unspecified atom stereocenters. The third kappa shape index (κ3) is 3.04. The predicted octanol–water partition coefficient (Wildman–Crippen LogP) is 3.80. The predicted molar refractivity (Wildman–Crippen MR) is 102 cm³/mol. The number of carbonyl (C=O) groups excluding carboxylic acids is 1. The van der Waals surface area contributed by atoms with Crippen LogP contribution < -0.4 is 5.56 Å². The number of cyclic esters (lactones) is 1. The normalized spacial score (nSPS) is 29.1. The molecule has 6 heteroatoms. The molecule has 2 aromatic rings. The van der Waals surface area contributed by atoms with Crippen molar-refractivity contribution in [1.82, 2.24) is 9.55 Å². The van der Waals surface area contributed by atoms with Gasteiger partial charge in [-0.1, -0.05) is 50.6 Å². The zero-order valence-electron chi connectivity index (χ0n) is 15.2. The van der Waals surface area contributed by atoms with E-state index in [1.54, 1.807) is 0 Å². The number of hydrogen-bond donors (Lipinski definition) is 0. The molecule has 2 heterocycles. The van der Waals surface area contributed by atoms with E-state index in [-0.39, 0.29) is 22.8 Å². The first-order valence-corrected chi connectivity index (χ1v) is 10.3. The second kappa shape index (κ2) is 7.06.